The van der Waals surface area contributed by atoms with Gasteiger partial charge in [0.15, 0.2) is 0 Å². The monoisotopic (exact) mass is 388 g/mol. The maximum absolute atomic E-state index is 11.2. The van der Waals surface area contributed by atoms with Gasteiger partial charge in [0.2, 0.25) is 10.0 Å². The molecule has 7 heteroatoms. The van der Waals surface area contributed by atoms with Crippen molar-refractivity contribution in [2.75, 3.05) is 16.3 Å². The van der Waals surface area contributed by atoms with Gasteiger partial charge in [0.05, 0.1) is 11.9 Å². The molecule has 0 aliphatic rings. The van der Waals surface area contributed by atoms with E-state index in [2.05, 4.69) is 26.0 Å². The molecule has 0 aliphatic heterocycles. The molecule has 0 heterocycles. The first-order valence-electron chi connectivity index (χ1n) is 6.09. The average molecular weight is 390 g/mol. The van der Waals surface area contributed by atoms with Gasteiger partial charge in [0, 0.05) is 21.7 Å². The number of hydrogen-bond acceptors (Lipinski definition) is 3. The Balaban J connectivity index is 2.10. The average Bonchev–Trinajstić information content (AvgIpc) is 2.38. The molecule has 4 nitrogen and oxygen atoms in total. The highest BCUT2D eigenvalue weighted by Crippen LogP contribution is 2.23. The number of hydrogen-bond donors (Lipinski definition) is 2. The molecule has 2 rings (SSSR count). The van der Waals surface area contributed by atoms with E-state index in [-0.39, 0.29) is 0 Å². The Kier molecular flexibility index (Phi) is 5.13. The van der Waals surface area contributed by atoms with Crippen LogP contribution in [0.5, 0.6) is 0 Å². The maximum atomic E-state index is 11.2. The van der Waals surface area contributed by atoms with Gasteiger partial charge in [-0.1, -0.05) is 33.6 Å². The highest BCUT2D eigenvalue weighted by atomic mass is 79.9. The highest BCUT2D eigenvalue weighted by molar-refractivity contribution is 9.10. The van der Waals surface area contributed by atoms with Crippen LogP contribution >= 0.6 is 27.5 Å². The third kappa shape index (κ3) is 5.22. The summed E-state index contributed by atoms with van der Waals surface area (Å²) in [6.45, 7) is 0.573. The third-order valence-corrected chi connectivity index (χ3v) is 4.27. The summed E-state index contributed by atoms with van der Waals surface area (Å²) in [6.07, 6.45) is 1.12. The normalized spacial score (nSPS) is 11.2. The fourth-order valence-corrected chi connectivity index (χ4v) is 2.92. The van der Waals surface area contributed by atoms with Crippen LogP contribution in [0.1, 0.15) is 5.56 Å². The lowest BCUT2D eigenvalue weighted by atomic mass is 10.2. The third-order valence-electron chi connectivity index (χ3n) is 2.66. The number of benzene rings is 2. The minimum Gasteiger partial charge on any atom is -0.381 e. The van der Waals surface area contributed by atoms with E-state index in [1.54, 1.807) is 18.2 Å². The zero-order chi connectivity index (χ0) is 15.5. The molecule has 21 heavy (non-hydrogen) atoms. The summed E-state index contributed by atoms with van der Waals surface area (Å²) < 4.78 is 25.8. The van der Waals surface area contributed by atoms with Crippen LogP contribution in [-0.2, 0) is 16.6 Å². The Hall–Kier alpha value is -1.24. The molecule has 2 aromatic rings. The maximum Gasteiger partial charge on any atom is 0.229 e. The van der Waals surface area contributed by atoms with E-state index in [0.29, 0.717) is 17.3 Å². The lowest BCUT2D eigenvalue weighted by molar-refractivity contribution is 0.607. The second-order valence-electron chi connectivity index (χ2n) is 4.54. The predicted octanol–water partition coefficient (Wildman–Crippen LogP) is 4.09. The molecule has 0 saturated carbocycles. The van der Waals surface area contributed by atoms with Crippen molar-refractivity contribution in [3.8, 4) is 0 Å². The van der Waals surface area contributed by atoms with Gasteiger partial charge in [-0.3, -0.25) is 4.72 Å². The molecular weight excluding hydrogens is 376 g/mol. The molecule has 112 valence electrons. The van der Waals surface area contributed by atoms with Crippen molar-refractivity contribution in [1.29, 1.82) is 0 Å². The zero-order valence-electron chi connectivity index (χ0n) is 11.2. The van der Waals surface area contributed by atoms with E-state index in [9.17, 15) is 8.42 Å². The van der Waals surface area contributed by atoms with Gasteiger partial charge >= 0.3 is 0 Å². The molecule has 0 aliphatic carbocycles. The van der Waals surface area contributed by atoms with Gasteiger partial charge in [0.1, 0.15) is 0 Å². The fourth-order valence-electron chi connectivity index (χ4n) is 1.78. The van der Waals surface area contributed by atoms with E-state index in [1.165, 1.54) is 0 Å². The molecule has 0 aromatic heterocycles. The van der Waals surface area contributed by atoms with Crippen molar-refractivity contribution in [2.24, 2.45) is 0 Å². The van der Waals surface area contributed by atoms with Gasteiger partial charge in [-0.15, -0.1) is 0 Å². The molecule has 0 amide bonds. The summed E-state index contributed by atoms with van der Waals surface area (Å²) >= 11 is 9.44. The first kappa shape index (κ1) is 16.1. The topological polar surface area (TPSA) is 58.2 Å². The van der Waals surface area contributed by atoms with Crippen LogP contribution in [-0.4, -0.2) is 14.7 Å². The summed E-state index contributed by atoms with van der Waals surface area (Å²) in [6, 6.07) is 12.7. The van der Waals surface area contributed by atoms with Gasteiger partial charge in [-0.2, -0.15) is 0 Å². The van der Waals surface area contributed by atoms with Crippen molar-refractivity contribution in [3.05, 3.63) is 57.5 Å². The van der Waals surface area contributed by atoms with Crippen LogP contribution in [0, 0.1) is 0 Å². The highest BCUT2D eigenvalue weighted by Gasteiger charge is 2.04. The van der Waals surface area contributed by atoms with E-state index in [0.717, 1.165) is 22.0 Å². The van der Waals surface area contributed by atoms with Crippen molar-refractivity contribution in [2.45, 2.75) is 6.54 Å². The Morgan fingerprint density at radius 3 is 2.57 bits per heavy atom. The van der Waals surface area contributed by atoms with Crippen molar-refractivity contribution in [3.63, 3.8) is 0 Å². The predicted molar refractivity (Wildman–Crippen MR) is 91.4 cm³/mol. The van der Waals surface area contributed by atoms with Gasteiger partial charge in [-0.25, -0.2) is 8.42 Å². The minimum atomic E-state index is -3.28. The SMILES string of the molecule is CS(=O)(=O)Nc1cccc(NCc2cc(Cl)ccc2Br)c1. The summed E-state index contributed by atoms with van der Waals surface area (Å²) in [7, 11) is -3.28. The fraction of sp³-hybridized carbons (Fsp3) is 0.143. The van der Waals surface area contributed by atoms with Gasteiger partial charge in [0.25, 0.3) is 0 Å². The Labute approximate surface area is 137 Å². The van der Waals surface area contributed by atoms with E-state index in [4.69, 9.17) is 11.6 Å². The standard InChI is InChI=1S/C14H14BrClN2O2S/c1-21(19,20)18-13-4-2-3-12(8-13)17-9-10-7-11(16)5-6-14(10)15/h2-8,17-18H,9H2,1H3. The number of anilines is 2. The Bertz CT molecular complexity index is 750. The summed E-state index contributed by atoms with van der Waals surface area (Å²) in [5.41, 5.74) is 2.35. The second kappa shape index (κ2) is 6.68. The number of nitrogens with one attached hydrogen (secondary N) is 2. The van der Waals surface area contributed by atoms with Crippen LogP contribution in [0.4, 0.5) is 11.4 Å². The smallest absolute Gasteiger partial charge is 0.229 e. The molecule has 2 aromatic carbocycles. The van der Waals surface area contributed by atoms with E-state index < -0.39 is 10.0 Å². The molecule has 0 bridgehead atoms. The first-order chi connectivity index (χ1) is 9.83. The van der Waals surface area contributed by atoms with Crippen LogP contribution in [0.3, 0.4) is 0 Å². The lowest BCUT2D eigenvalue weighted by Crippen LogP contribution is -2.09. The molecule has 0 fully saturated rings. The van der Waals surface area contributed by atoms with Crippen molar-refractivity contribution in [1.82, 2.24) is 0 Å². The lowest BCUT2D eigenvalue weighted by Gasteiger charge is -2.10. The molecule has 0 radical (unpaired) electrons. The molecule has 0 atom stereocenters. The first-order valence-corrected chi connectivity index (χ1v) is 9.15. The van der Waals surface area contributed by atoms with Crippen molar-refractivity contribution >= 4 is 48.9 Å². The van der Waals surface area contributed by atoms with Crippen LogP contribution in [0.25, 0.3) is 0 Å². The Morgan fingerprint density at radius 1 is 1.14 bits per heavy atom. The molecule has 0 saturated heterocycles. The summed E-state index contributed by atoms with van der Waals surface area (Å²) in [5, 5.41) is 3.90. The van der Waals surface area contributed by atoms with Crippen LogP contribution in [0.15, 0.2) is 46.9 Å². The molecular formula is C14H14BrClN2O2S. The molecule has 0 spiro atoms. The van der Waals surface area contributed by atoms with Gasteiger partial charge in [-0.05, 0) is 42.0 Å². The van der Waals surface area contributed by atoms with Crippen LogP contribution in [0.2, 0.25) is 5.02 Å². The largest absolute Gasteiger partial charge is 0.381 e. The zero-order valence-corrected chi connectivity index (χ0v) is 14.4. The number of rotatable bonds is 5. The Morgan fingerprint density at radius 2 is 1.86 bits per heavy atom. The molecule has 0 unspecified atom stereocenters. The quantitative estimate of drug-likeness (QED) is 0.810. The summed E-state index contributed by atoms with van der Waals surface area (Å²) in [5.74, 6) is 0. The minimum absolute atomic E-state index is 0.521. The van der Waals surface area contributed by atoms with E-state index in [1.807, 2.05) is 24.3 Å². The van der Waals surface area contributed by atoms with Crippen molar-refractivity contribution < 1.29 is 8.42 Å². The van der Waals surface area contributed by atoms with E-state index >= 15 is 0 Å². The number of halogens is 2. The van der Waals surface area contributed by atoms with Gasteiger partial charge < -0.3 is 5.32 Å². The summed E-state index contributed by atoms with van der Waals surface area (Å²) in [4.78, 5) is 0. The van der Waals surface area contributed by atoms with Crippen LogP contribution < -0.4 is 10.0 Å². The second-order valence-corrected chi connectivity index (χ2v) is 7.58. The number of sulfonamides is 1. The molecule has 2 N–H and O–H groups in total.